The maximum atomic E-state index is 5.43. The van der Waals surface area contributed by atoms with Crippen LogP contribution < -0.4 is 5.32 Å². The lowest BCUT2D eigenvalue weighted by Crippen LogP contribution is -2.40. The zero-order valence-corrected chi connectivity index (χ0v) is 14.7. The molecule has 0 aliphatic carbocycles. The topological polar surface area (TPSA) is 36.9 Å². The number of guanidine groups is 1. The van der Waals surface area contributed by atoms with Gasteiger partial charge in [0.15, 0.2) is 5.96 Å². The van der Waals surface area contributed by atoms with Crippen LogP contribution >= 0.6 is 0 Å². The second-order valence-electron chi connectivity index (χ2n) is 7.31. The number of rotatable bonds is 6. The molecule has 1 saturated heterocycles. The number of aliphatic imine (C=N–C) groups is 1. The Morgan fingerprint density at radius 2 is 1.95 bits per heavy atom. The first-order valence-electron chi connectivity index (χ1n) is 8.49. The molecule has 1 heterocycles. The summed E-state index contributed by atoms with van der Waals surface area (Å²) >= 11 is 0. The molecule has 0 spiro atoms. The number of hydrogen-bond acceptors (Lipinski definition) is 2. The van der Waals surface area contributed by atoms with Crippen molar-refractivity contribution in [3.8, 4) is 0 Å². The van der Waals surface area contributed by atoms with E-state index in [1.54, 1.807) is 0 Å². The second-order valence-corrected chi connectivity index (χ2v) is 7.31. The molecule has 1 aliphatic rings. The molecule has 0 atom stereocenters. The largest absolute Gasteiger partial charge is 0.381 e. The molecule has 21 heavy (non-hydrogen) atoms. The summed E-state index contributed by atoms with van der Waals surface area (Å²) in [6.45, 7) is 13.7. The lowest BCUT2D eigenvalue weighted by atomic mass is 9.92. The van der Waals surface area contributed by atoms with Crippen LogP contribution in [0, 0.1) is 11.3 Å². The number of hydrogen-bond donors (Lipinski definition) is 1. The SMILES string of the molecule is CCNC(=NCCC(C)(C)C)N(C)CCC1CCOCC1. The van der Waals surface area contributed by atoms with Crippen LogP contribution in [-0.4, -0.2) is 50.8 Å². The third-order valence-corrected chi connectivity index (χ3v) is 4.03. The predicted octanol–water partition coefficient (Wildman–Crippen LogP) is 3.14. The van der Waals surface area contributed by atoms with Crippen molar-refractivity contribution in [3.05, 3.63) is 0 Å². The molecule has 1 N–H and O–H groups in total. The summed E-state index contributed by atoms with van der Waals surface area (Å²) in [5, 5.41) is 3.41. The number of nitrogens with one attached hydrogen (secondary N) is 1. The molecule has 0 aromatic carbocycles. The number of ether oxygens (including phenoxy) is 1. The molecule has 0 radical (unpaired) electrons. The fourth-order valence-corrected chi connectivity index (χ4v) is 2.48. The first-order valence-corrected chi connectivity index (χ1v) is 8.49. The van der Waals surface area contributed by atoms with E-state index in [0.29, 0.717) is 5.41 Å². The molecule has 0 bridgehead atoms. The van der Waals surface area contributed by atoms with Crippen molar-refractivity contribution < 1.29 is 4.74 Å². The van der Waals surface area contributed by atoms with Crippen molar-refractivity contribution in [2.45, 2.75) is 53.4 Å². The summed E-state index contributed by atoms with van der Waals surface area (Å²) in [5.41, 5.74) is 0.349. The Bertz CT molecular complexity index is 304. The van der Waals surface area contributed by atoms with Crippen molar-refractivity contribution in [1.82, 2.24) is 10.2 Å². The third kappa shape index (κ3) is 8.30. The molecule has 1 fully saturated rings. The minimum atomic E-state index is 0.349. The van der Waals surface area contributed by atoms with Crippen molar-refractivity contribution in [3.63, 3.8) is 0 Å². The molecule has 1 aliphatic heterocycles. The van der Waals surface area contributed by atoms with Gasteiger partial charge in [-0.1, -0.05) is 20.8 Å². The van der Waals surface area contributed by atoms with Crippen LogP contribution in [0.3, 0.4) is 0 Å². The van der Waals surface area contributed by atoms with Crippen molar-refractivity contribution in [2.24, 2.45) is 16.3 Å². The Balaban J connectivity index is 2.40. The summed E-state index contributed by atoms with van der Waals surface area (Å²) < 4.78 is 5.43. The Labute approximate surface area is 131 Å². The highest BCUT2D eigenvalue weighted by atomic mass is 16.5. The van der Waals surface area contributed by atoms with Crippen LogP contribution in [-0.2, 0) is 4.74 Å². The molecule has 0 amide bonds. The minimum Gasteiger partial charge on any atom is -0.381 e. The van der Waals surface area contributed by atoms with Crippen molar-refractivity contribution in [2.75, 3.05) is 39.9 Å². The molecule has 0 aromatic rings. The minimum absolute atomic E-state index is 0.349. The molecule has 0 aromatic heterocycles. The van der Waals surface area contributed by atoms with Crippen LogP contribution in [0.4, 0.5) is 0 Å². The van der Waals surface area contributed by atoms with E-state index in [1.165, 1.54) is 19.3 Å². The third-order valence-electron chi connectivity index (χ3n) is 4.03. The van der Waals surface area contributed by atoms with E-state index in [-0.39, 0.29) is 0 Å². The van der Waals surface area contributed by atoms with Crippen LogP contribution in [0.15, 0.2) is 4.99 Å². The zero-order valence-electron chi connectivity index (χ0n) is 14.7. The van der Waals surface area contributed by atoms with Gasteiger partial charge in [0, 0.05) is 39.9 Å². The van der Waals surface area contributed by atoms with Gasteiger partial charge in [0.25, 0.3) is 0 Å². The van der Waals surface area contributed by atoms with Crippen LogP contribution in [0.2, 0.25) is 0 Å². The van der Waals surface area contributed by atoms with Gasteiger partial charge in [-0.3, -0.25) is 4.99 Å². The van der Waals surface area contributed by atoms with Crippen LogP contribution in [0.5, 0.6) is 0 Å². The van der Waals surface area contributed by atoms with E-state index in [2.05, 4.69) is 45.0 Å². The fraction of sp³-hybridized carbons (Fsp3) is 0.941. The highest BCUT2D eigenvalue weighted by Gasteiger charge is 2.15. The Kier molecular flexibility index (Phi) is 8.09. The van der Waals surface area contributed by atoms with E-state index >= 15 is 0 Å². The summed E-state index contributed by atoms with van der Waals surface area (Å²) in [6, 6.07) is 0. The van der Waals surface area contributed by atoms with Gasteiger partial charge in [-0.25, -0.2) is 0 Å². The molecule has 1 rings (SSSR count). The van der Waals surface area contributed by atoms with Gasteiger partial charge in [0.1, 0.15) is 0 Å². The van der Waals surface area contributed by atoms with E-state index in [9.17, 15) is 0 Å². The fourth-order valence-electron chi connectivity index (χ4n) is 2.48. The lowest BCUT2D eigenvalue weighted by Gasteiger charge is -2.27. The standard InChI is InChI=1S/C17H35N3O/c1-6-18-16(19-11-10-17(2,3)4)20(5)12-7-15-8-13-21-14-9-15/h15H,6-14H2,1-5H3,(H,18,19). The van der Waals surface area contributed by atoms with Gasteiger partial charge in [0.05, 0.1) is 0 Å². The Hall–Kier alpha value is -0.770. The molecular weight excluding hydrogens is 262 g/mol. The quantitative estimate of drug-likeness (QED) is 0.604. The molecule has 0 unspecified atom stereocenters. The van der Waals surface area contributed by atoms with E-state index in [0.717, 1.165) is 51.1 Å². The molecule has 4 nitrogen and oxygen atoms in total. The summed E-state index contributed by atoms with van der Waals surface area (Å²) in [6.07, 6.45) is 4.79. The van der Waals surface area contributed by atoms with Crippen LogP contribution in [0.1, 0.15) is 53.4 Å². The van der Waals surface area contributed by atoms with Gasteiger partial charge < -0.3 is 15.0 Å². The summed E-state index contributed by atoms with van der Waals surface area (Å²) in [5.74, 6) is 1.87. The number of nitrogens with zero attached hydrogens (tertiary/aromatic N) is 2. The van der Waals surface area contributed by atoms with Gasteiger partial charge in [-0.05, 0) is 43.9 Å². The highest BCUT2D eigenvalue weighted by Crippen LogP contribution is 2.19. The lowest BCUT2D eigenvalue weighted by molar-refractivity contribution is 0.0625. The van der Waals surface area contributed by atoms with Crippen LogP contribution in [0.25, 0.3) is 0 Å². The zero-order chi connectivity index (χ0) is 15.7. The van der Waals surface area contributed by atoms with Crippen molar-refractivity contribution >= 4 is 5.96 Å². The first-order chi connectivity index (χ1) is 9.92. The molecule has 124 valence electrons. The smallest absolute Gasteiger partial charge is 0.193 e. The average Bonchev–Trinajstić information content (AvgIpc) is 2.44. The predicted molar refractivity (Wildman–Crippen MR) is 90.8 cm³/mol. The van der Waals surface area contributed by atoms with Gasteiger partial charge >= 0.3 is 0 Å². The maximum Gasteiger partial charge on any atom is 0.193 e. The maximum absolute atomic E-state index is 5.43. The van der Waals surface area contributed by atoms with Gasteiger partial charge in [-0.2, -0.15) is 0 Å². The highest BCUT2D eigenvalue weighted by molar-refractivity contribution is 5.79. The molecular formula is C17H35N3O. The van der Waals surface area contributed by atoms with Gasteiger partial charge in [-0.15, -0.1) is 0 Å². The van der Waals surface area contributed by atoms with E-state index in [1.807, 2.05) is 0 Å². The summed E-state index contributed by atoms with van der Waals surface area (Å²) in [4.78, 5) is 7.05. The molecule has 0 saturated carbocycles. The van der Waals surface area contributed by atoms with Gasteiger partial charge in [0.2, 0.25) is 0 Å². The van der Waals surface area contributed by atoms with E-state index < -0.39 is 0 Å². The second kappa shape index (κ2) is 9.29. The van der Waals surface area contributed by atoms with Crippen molar-refractivity contribution in [1.29, 1.82) is 0 Å². The average molecular weight is 297 g/mol. The monoisotopic (exact) mass is 297 g/mol. The Morgan fingerprint density at radius 1 is 1.29 bits per heavy atom. The normalized spacial score (nSPS) is 17.9. The summed E-state index contributed by atoms with van der Waals surface area (Å²) in [7, 11) is 2.15. The van der Waals surface area contributed by atoms with E-state index in [4.69, 9.17) is 9.73 Å². The molecule has 4 heteroatoms. The first kappa shape index (κ1) is 18.3. The Morgan fingerprint density at radius 3 is 2.52 bits per heavy atom.